The Labute approximate surface area is 127 Å². The van der Waals surface area contributed by atoms with E-state index in [1.165, 1.54) is 6.42 Å². The summed E-state index contributed by atoms with van der Waals surface area (Å²) in [5, 5.41) is 0. The molecule has 2 bridgehead atoms. The lowest BCUT2D eigenvalue weighted by Crippen LogP contribution is -2.37. The molecule has 2 aliphatic rings. The van der Waals surface area contributed by atoms with Crippen LogP contribution in [0, 0.1) is 9.48 Å². The molecule has 3 rings (SSSR count). The number of halogens is 1. The van der Waals surface area contributed by atoms with Gasteiger partial charge in [-0.25, -0.2) is 14.8 Å². The summed E-state index contributed by atoms with van der Waals surface area (Å²) >= 11 is -0.399. The summed E-state index contributed by atoms with van der Waals surface area (Å²) in [5.74, 6) is 0.979. The van der Waals surface area contributed by atoms with Crippen LogP contribution < -0.4 is 4.90 Å². The Bertz CT molecular complexity index is 522. The first-order valence-corrected chi connectivity index (χ1v) is 9.10. The number of fused-ring (bicyclic) bond motifs is 2. The molecule has 0 radical (unpaired) electrons. The van der Waals surface area contributed by atoms with Crippen LogP contribution in [0.2, 0.25) is 0 Å². The minimum absolute atomic E-state index is 0.355. The number of rotatable bonds is 4. The lowest BCUT2D eigenvalue weighted by molar-refractivity contribution is 0.0525. The number of nitrogens with one attached hydrogen (secondary N) is 1. The Hall–Kier alpha value is -1.12. The molecule has 1 aromatic rings. The second-order valence-electron chi connectivity index (χ2n) is 5.15. The van der Waals surface area contributed by atoms with E-state index >= 15 is 0 Å². The second kappa shape index (κ2) is 5.71. The van der Waals surface area contributed by atoms with Gasteiger partial charge < -0.3 is 9.64 Å². The number of nitrogens with zero attached hydrogens (tertiary/aromatic N) is 3. The molecule has 1 N–H and O–H groups in total. The number of aromatic nitrogens is 2. The molecule has 1 unspecified atom stereocenters. The molecule has 1 aliphatic heterocycles. The topological polar surface area (TPSA) is 79.2 Å². The van der Waals surface area contributed by atoms with Gasteiger partial charge in [-0.15, -0.1) is 0 Å². The van der Waals surface area contributed by atoms with Gasteiger partial charge in [-0.2, -0.15) is 0 Å². The van der Waals surface area contributed by atoms with E-state index in [9.17, 15) is 4.79 Å². The van der Waals surface area contributed by atoms with Crippen molar-refractivity contribution in [3.05, 3.63) is 18.0 Å². The number of hydrogen-bond donors (Lipinski definition) is 1. The Morgan fingerprint density at radius 2 is 2.25 bits per heavy atom. The maximum Gasteiger partial charge on any atom is 0.341 e. The van der Waals surface area contributed by atoms with Crippen molar-refractivity contribution in [3.8, 4) is 0 Å². The number of piperidine rings is 1. The number of carbonyl (C=O) groups excluding carboxylic acids is 1. The lowest BCUT2D eigenvalue weighted by atomic mass is 10.1. The highest BCUT2D eigenvalue weighted by Gasteiger charge is 2.45. The van der Waals surface area contributed by atoms with E-state index in [1.54, 1.807) is 19.3 Å². The average Bonchev–Trinajstić information content (AvgIpc) is 3.07. The van der Waals surface area contributed by atoms with E-state index < -0.39 is 21.0 Å². The second-order valence-corrected chi connectivity index (χ2v) is 7.38. The summed E-state index contributed by atoms with van der Waals surface area (Å²) in [5.41, 5.74) is 0.398. The third kappa shape index (κ3) is 2.43. The summed E-state index contributed by atoms with van der Waals surface area (Å²) in [6.07, 6.45) is 5.37. The molecule has 0 aromatic carbocycles. The van der Waals surface area contributed by atoms with Gasteiger partial charge in [-0.1, -0.05) is 0 Å². The SMILES string of the molecule is CCOC(=O)c1cnc(N2C[C@@H]3C[C@H]2CC3I=N)nc1. The van der Waals surface area contributed by atoms with E-state index in [1.807, 2.05) is 0 Å². The Morgan fingerprint density at radius 3 is 2.80 bits per heavy atom. The van der Waals surface area contributed by atoms with Crippen LogP contribution in [0.25, 0.3) is 0 Å². The van der Waals surface area contributed by atoms with Crippen LogP contribution >= 0.6 is 21.0 Å². The smallest absolute Gasteiger partial charge is 0.341 e. The average molecular weight is 388 g/mol. The van der Waals surface area contributed by atoms with Gasteiger partial charge in [0.2, 0.25) is 5.95 Å². The Morgan fingerprint density at radius 1 is 1.50 bits per heavy atom. The molecule has 20 heavy (non-hydrogen) atoms. The molecular formula is C13H17IN4O2. The van der Waals surface area contributed by atoms with E-state index in [4.69, 9.17) is 8.30 Å². The van der Waals surface area contributed by atoms with Crippen molar-refractivity contribution in [2.45, 2.75) is 29.7 Å². The van der Waals surface area contributed by atoms with Gasteiger partial charge in [-0.3, -0.25) is 3.56 Å². The fraction of sp³-hybridized carbons (Fsp3) is 0.615. The molecule has 6 nitrogen and oxygen atoms in total. The lowest BCUT2D eigenvalue weighted by Gasteiger charge is -2.29. The summed E-state index contributed by atoms with van der Waals surface area (Å²) in [7, 11) is 0. The van der Waals surface area contributed by atoms with Crippen LogP contribution in [0.1, 0.15) is 30.1 Å². The highest BCUT2D eigenvalue weighted by atomic mass is 127. The number of ether oxygens (including phenoxy) is 1. The first kappa shape index (κ1) is 13.8. The van der Waals surface area contributed by atoms with Crippen molar-refractivity contribution >= 4 is 33.0 Å². The molecule has 2 fully saturated rings. The minimum Gasteiger partial charge on any atom is -0.462 e. The van der Waals surface area contributed by atoms with Crippen molar-refractivity contribution in [1.29, 1.82) is 3.56 Å². The maximum atomic E-state index is 11.6. The van der Waals surface area contributed by atoms with Gasteiger partial charge in [0.05, 0.1) is 12.2 Å². The highest BCUT2D eigenvalue weighted by molar-refractivity contribution is 14.1. The summed E-state index contributed by atoms with van der Waals surface area (Å²) in [6.45, 7) is 3.10. The van der Waals surface area contributed by atoms with Crippen LogP contribution in [-0.2, 0) is 4.74 Å². The van der Waals surface area contributed by atoms with Gasteiger partial charge in [-0.05, 0) is 46.7 Å². The molecule has 2 heterocycles. The van der Waals surface area contributed by atoms with E-state index in [-0.39, 0.29) is 5.97 Å². The van der Waals surface area contributed by atoms with E-state index in [2.05, 4.69) is 14.9 Å². The first-order valence-electron chi connectivity index (χ1n) is 6.77. The van der Waals surface area contributed by atoms with Gasteiger partial charge >= 0.3 is 5.97 Å². The van der Waals surface area contributed by atoms with Crippen LogP contribution in [0.15, 0.2) is 12.4 Å². The Balaban J connectivity index is 1.71. The molecule has 1 saturated carbocycles. The van der Waals surface area contributed by atoms with Crippen LogP contribution in [0.4, 0.5) is 5.95 Å². The normalized spacial score (nSPS) is 27.9. The fourth-order valence-corrected chi connectivity index (χ4v) is 4.93. The van der Waals surface area contributed by atoms with Gasteiger partial charge in [0.25, 0.3) is 0 Å². The zero-order valence-corrected chi connectivity index (χ0v) is 13.4. The van der Waals surface area contributed by atoms with Crippen LogP contribution in [0.3, 0.4) is 0 Å². The van der Waals surface area contributed by atoms with Crippen molar-refractivity contribution in [2.75, 3.05) is 18.1 Å². The molecule has 7 heteroatoms. The maximum absolute atomic E-state index is 11.6. The van der Waals surface area contributed by atoms with Gasteiger partial charge in [0.15, 0.2) is 0 Å². The number of anilines is 1. The molecular weight excluding hydrogens is 371 g/mol. The Kier molecular flexibility index (Phi) is 3.95. The number of carbonyl (C=O) groups is 1. The van der Waals surface area contributed by atoms with Gasteiger partial charge in [0, 0.05) is 28.9 Å². The monoisotopic (exact) mass is 388 g/mol. The van der Waals surface area contributed by atoms with Crippen molar-refractivity contribution in [2.24, 2.45) is 5.92 Å². The van der Waals surface area contributed by atoms with Crippen LogP contribution in [-0.4, -0.2) is 39.1 Å². The van der Waals surface area contributed by atoms with Gasteiger partial charge in [0.1, 0.15) is 0 Å². The molecule has 108 valence electrons. The van der Waals surface area contributed by atoms with Crippen molar-refractivity contribution < 1.29 is 9.53 Å². The number of hydrogen-bond acceptors (Lipinski definition) is 6. The predicted molar refractivity (Wildman–Crippen MR) is 82.4 cm³/mol. The molecule has 1 aliphatic carbocycles. The summed E-state index contributed by atoms with van der Waals surface area (Å²) < 4.78 is 13.2. The molecule has 1 saturated heterocycles. The third-order valence-electron chi connectivity index (χ3n) is 4.00. The number of alkyl halides is 1. The van der Waals surface area contributed by atoms with Crippen molar-refractivity contribution in [1.82, 2.24) is 9.97 Å². The zero-order valence-electron chi connectivity index (χ0n) is 11.3. The quantitative estimate of drug-likeness (QED) is 0.487. The fourth-order valence-electron chi connectivity index (χ4n) is 3.06. The molecule has 1 aromatic heterocycles. The molecule has 3 atom stereocenters. The first-order chi connectivity index (χ1) is 9.72. The predicted octanol–water partition coefficient (Wildman–Crippen LogP) is 2.35. The number of esters is 1. The molecule has 0 amide bonds. The van der Waals surface area contributed by atoms with Crippen molar-refractivity contribution in [3.63, 3.8) is 0 Å². The van der Waals surface area contributed by atoms with E-state index in [0.29, 0.717) is 34.0 Å². The highest BCUT2D eigenvalue weighted by Crippen LogP contribution is 2.44. The minimum atomic E-state index is -0.399. The molecule has 0 spiro atoms. The summed E-state index contributed by atoms with van der Waals surface area (Å²) in [4.78, 5) is 22.4. The van der Waals surface area contributed by atoms with Crippen LogP contribution in [0.5, 0.6) is 0 Å². The van der Waals surface area contributed by atoms with E-state index in [0.717, 1.165) is 13.0 Å². The zero-order chi connectivity index (χ0) is 14.1. The summed E-state index contributed by atoms with van der Waals surface area (Å²) in [6, 6.07) is 0.489. The standard InChI is InChI=1S/C13H17IN4O2/c1-2-20-12(19)9-5-16-13(17-6-9)18-7-8-3-10(18)4-11(8)14-15/h5-6,8,10-11,15H,2-4,7H2,1H3/t8-,10-,11?/m0/s1. The third-order valence-corrected chi connectivity index (χ3v) is 6.33. The largest absolute Gasteiger partial charge is 0.462 e.